The molecule has 8 N–H and O–H groups in total. The van der Waals surface area contributed by atoms with Gasteiger partial charge in [-0.15, -0.1) is 0 Å². The molecule has 11 rings (SSSR count). The van der Waals surface area contributed by atoms with Crippen LogP contribution in [-0.4, -0.2) is 161 Å². The van der Waals surface area contributed by atoms with Gasteiger partial charge in [0.15, 0.2) is 17.5 Å². The van der Waals surface area contributed by atoms with Crippen LogP contribution in [-0.2, 0) is 18.4 Å². The fourth-order valence-electron chi connectivity index (χ4n) is 11.8. The first-order valence-electron chi connectivity index (χ1n) is 34.3. The summed E-state index contributed by atoms with van der Waals surface area (Å²) in [5.74, 6) is 5.07. The molecule has 0 unspecified atom stereocenters. The zero-order valence-corrected chi connectivity index (χ0v) is 66.1. The fourth-order valence-corrected chi connectivity index (χ4v) is 15.7. The van der Waals surface area contributed by atoms with Crippen molar-refractivity contribution in [3.63, 3.8) is 0 Å². The molecule has 0 atom stereocenters. The van der Waals surface area contributed by atoms with Crippen LogP contribution in [0.25, 0.3) is 0 Å². The number of halogens is 3. The molecule has 1 aliphatic heterocycles. The number of hydrogen-bond acceptors (Lipinski definition) is 23. The van der Waals surface area contributed by atoms with E-state index in [1.165, 1.54) is 43.6 Å². The molecule has 3 aromatic heterocycles. The summed E-state index contributed by atoms with van der Waals surface area (Å²) in [7, 11) is 1.34. The van der Waals surface area contributed by atoms with Crippen molar-refractivity contribution in [2.75, 3.05) is 140 Å². The molecule has 4 heterocycles. The van der Waals surface area contributed by atoms with E-state index in [-0.39, 0.29) is 17.9 Å². The van der Waals surface area contributed by atoms with Gasteiger partial charge >= 0.3 is 0 Å². The minimum atomic E-state index is -2.53. The van der Waals surface area contributed by atoms with Crippen LogP contribution in [0.1, 0.15) is 67.3 Å². The largest absolute Gasteiger partial charge is 0.495 e. The number of aromatic nitrogens is 6. The summed E-state index contributed by atoms with van der Waals surface area (Å²) in [5, 5.41) is 28.9. The Balaban J connectivity index is 0.000000183. The van der Waals surface area contributed by atoms with E-state index in [0.29, 0.717) is 133 Å². The monoisotopic (exact) mass is 1550 g/mol. The predicted molar refractivity (Wildman–Crippen MR) is 430 cm³/mol. The van der Waals surface area contributed by atoms with Crippen LogP contribution in [0.3, 0.4) is 0 Å². The van der Waals surface area contributed by atoms with E-state index in [0.717, 1.165) is 48.0 Å². The highest BCUT2D eigenvalue weighted by molar-refractivity contribution is 7.71. The number of hydrogen-bond donors (Lipinski definition) is 8. The van der Waals surface area contributed by atoms with Gasteiger partial charge < -0.3 is 84.8 Å². The van der Waals surface area contributed by atoms with Crippen LogP contribution in [0.15, 0.2) is 146 Å². The topological polar surface area (TPSA) is 291 Å². The zero-order valence-electron chi connectivity index (χ0n) is 61.1. The highest BCUT2D eigenvalue weighted by Gasteiger charge is 2.26. The van der Waals surface area contributed by atoms with Gasteiger partial charge in [0, 0.05) is 46.7 Å². The van der Waals surface area contributed by atoms with Crippen molar-refractivity contribution < 1.29 is 42.2 Å². The maximum absolute atomic E-state index is 12.8. The van der Waals surface area contributed by atoms with Gasteiger partial charge in [-0.3, -0.25) is 4.79 Å². The van der Waals surface area contributed by atoms with E-state index in [9.17, 15) is 18.5 Å². The molecular formula is C75H93Cl3N15O9P3. The van der Waals surface area contributed by atoms with Crippen molar-refractivity contribution >= 4 is 147 Å². The standard InChI is InChI=1S/C27H35ClN5O2P.C26H32ClN6O3P.C22H26ClN4O4P/c1-5-35-24-16-19(18-10-13-20(29-2)14-11-18)12-15-22(24)32-27-30-17-21(28)26(33-27)31-23-8-6-7-9-25(23)36(3,4)34;1-33-13-11-18(12-14-33)29-25(34)17-9-10-20(22(15-17)36-2)31-26-28-16-19(27)24(32-26)30-21-7-5-6-8-23(21)37(3,4)35;1-29-11-12-31-15-9-10-17(19(13-15)30-2)26-22-24-14-16(23)21(27-22)25-18-7-5-6-8-20(18)32(3,4)28/h6-9,12,15-18,20,29H,5,10-11,13-14H2,1-4H3,(H2,30,31,32,33);5-10,15-16,18H,11-14H2,1-4H3,(H,29,34)(H2,28,30,31,32);5-10,13-14H,11-12H2,1-4H3,(H2,24,25,26,27). The molecule has 0 spiro atoms. The van der Waals surface area contributed by atoms with Crippen LogP contribution in [0.2, 0.25) is 15.1 Å². The molecule has 0 bridgehead atoms. The lowest BCUT2D eigenvalue weighted by Gasteiger charge is -2.29. The molecular weight excluding hydrogens is 1450 g/mol. The van der Waals surface area contributed by atoms with E-state index in [4.69, 9.17) is 58.5 Å². The average Bonchev–Trinajstić information content (AvgIpc) is 0.823. The van der Waals surface area contributed by atoms with Gasteiger partial charge in [-0.05, 0) is 203 Å². The maximum atomic E-state index is 12.8. The summed E-state index contributed by atoms with van der Waals surface area (Å²) in [4.78, 5) is 41.6. The van der Waals surface area contributed by atoms with Gasteiger partial charge in [0.2, 0.25) is 17.8 Å². The molecule has 9 aromatic rings. The normalized spacial score (nSPS) is 14.8. The number of carbonyl (C=O) groups is 1. The first-order valence-corrected chi connectivity index (χ1v) is 43.2. The number of para-hydroxylation sites is 3. The number of methoxy groups -OCH3 is 3. The van der Waals surface area contributed by atoms with Gasteiger partial charge in [0.25, 0.3) is 5.91 Å². The van der Waals surface area contributed by atoms with Gasteiger partial charge in [-0.2, -0.15) is 15.0 Å². The lowest BCUT2D eigenvalue weighted by atomic mass is 9.81. The summed E-state index contributed by atoms with van der Waals surface area (Å²) in [6.45, 7) is 15.8. The molecule has 1 amide bonds. The molecule has 30 heteroatoms. The number of benzene rings is 6. The summed E-state index contributed by atoms with van der Waals surface area (Å²) in [6.07, 6.45) is 11.1. The van der Waals surface area contributed by atoms with Gasteiger partial charge in [0.1, 0.15) is 66.1 Å². The minimum Gasteiger partial charge on any atom is -0.495 e. The van der Waals surface area contributed by atoms with Gasteiger partial charge in [-0.1, -0.05) is 77.3 Å². The van der Waals surface area contributed by atoms with Crippen LogP contribution in [0.5, 0.6) is 23.0 Å². The van der Waals surface area contributed by atoms with Crippen LogP contribution in [0.4, 0.5) is 69.4 Å². The van der Waals surface area contributed by atoms with E-state index in [2.05, 4.69) is 96.5 Å². The highest BCUT2D eigenvalue weighted by Crippen LogP contribution is 2.43. The van der Waals surface area contributed by atoms with E-state index < -0.39 is 21.4 Å². The number of ether oxygens (including phenoxy) is 5. The summed E-state index contributed by atoms with van der Waals surface area (Å²) in [6, 6.07) is 39.9. The van der Waals surface area contributed by atoms with Gasteiger partial charge in [-0.25, -0.2) is 15.0 Å². The van der Waals surface area contributed by atoms with E-state index in [1.54, 1.807) is 91.8 Å². The second-order valence-corrected chi connectivity index (χ2v) is 37.0. The van der Waals surface area contributed by atoms with Crippen LogP contribution in [0, 0.1) is 0 Å². The summed E-state index contributed by atoms with van der Waals surface area (Å²) >= 11 is 19.1. The number of rotatable bonds is 27. The summed E-state index contributed by atoms with van der Waals surface area (Å²) in [5.41, 5.74) is 5.93. The number of piperidine rings is 1. The Morgan fingerprint density at radius 2 is 0.924 bits per heavy atom. The Hall–Kier alpha value is -8.53. The van der Waals surface area contributed by atoms with Crippen molar-refractivity contribution in [2.45, 2.75) is 63.5 Å². The van der Waals surface area contributed by atoms with Crippen molar-refractivity contribution in [1.82, 2.24) is 45.4 Å². The molecule has 105 heavy (non-hydrogen) atoms. The Morgan fingerprint density at radius 3 is 1.35 bits per heavy atom. The Bertz CT molecular complexity index is 4590. The SMILES string of the molecule is CCOc1cc(C2CCC(NC)CC2)ccc1Nc1ncc(Cl)c(Nc2ccccc2P(C)(C)=O)n1.COCCOc1ccc(Nc2ncc(Cl)c(Nc3ccccc3P(C)(C)=O)n2)c(OC)c1.COc1cc(C(=O)NC2CCN(C)CC2)ccc1Nc1ncc(Cl)c(Nc2ccccc2P(C)(C)=O)n1. The number of nitrogens with one attached hydrogen (secondary N) is 8. The van der Waals surface area contributed by atoms with E-state index in [1.807, 2.05) is 105 Å². The van der Waals surface area contributed by atoms with Crippen LogP contribution >= 0.6 is 56.2 Å². The quantitative estimate of drug-likeness (QED) is 0.0175. The molecule has 1 saturated carbocycles. The second kappa shape index (κ2) is 37.6. The van der Waals surface area contributed by atoms with Crippen molar-refractivity contribution in [3.8, 4) is 23.0 Å². The van der Waals surface area contributed by atoms with Crippen molar-refractivity contribution in [1.29, 1.82) is 0 Å². The molecule has 2 aliphatic rings. The van der Waals surface area contributed by atoms with Gasteiger partial charge in [0.05, 0.1) is 80.1 Å². The fraction of sp³-hybridized carbons (Fsp3) is 0.347. The molecule has 6 aromatic carbocycles. The maximum Gasteiger partial charge on any atom is 0.251 e. The zero-order chi connectivity index (χ0) is 75.4. The number of carbonyl (C=O) groups excluding carboxylic acids is 1. The smallest absolute Gasteiger partial charge is 0.251 e. The lowest BCUT2D eigenvalue weighted by molar-refractivity contribution is 0.0916. The lowest BCUT2D eigenvalue weighted by Crippen LogP contribution is -2.43. The van der Waals surface area contributed by atoms with Crippen molar-refractivity contribution in [2.24, 2.45) is 0 Å². The Kier molecular flexibility index (Phi) is 28.9. The third kappa shape index (κ3) is 23.0. The molecule has 558 valence electrons. The number of likely N-dealkylation sites (tertiary alicyclic amines) is 1. The molecule has 2 fully saturated rings. The first kappa shape index (κ1) is 80.6. The molecule has 0 radical (unpaired) electrons. The highest BCUT2D eigenvalue weighted by atomic mass is 35.5. The third-order valence-electron chi connectivity index (χ3n) is 17.3. The Morgan fingerprint density at radius 1 is 0.495 bits per heavy atom. The number of anilines is 12. The Labute approximate surface area is 630 Å². The molecule has 1 saturated heterocycles. The second-order valence-electron chi connectivity index (χ2n) is 26.2. The third-order valence-corrected chi connectivity index (χ3v) is 22.8. The van der Waals surface area contributed by atoms with E-state index >= 15 is 0 Å². The molecule has 24 nitrogen and oxygen atoms in total. The predicted octanol–water partition coefficient (Wildman–Crippen LogP) is 16.1. The minimum absolute atomic E-state index is 0.128. The first-order chi connectivity index (χ1) is 50.2. The van der Waals surface area contributed by atoms with Crippen LogP contribution < -0.4 is 77.4 Å². The number of nitrogens with zero attached hydrogens (tertiary/aromatic N) is 7. The average molecular weight is 1550 g/mol. The molecule has 1 aliphatic carbocycles. The number of amides is 1. The summed E-state index contributed by atoms with van der Waals surface area (Å²) < 4.78 is 65.7. The van der Waals surface area contributed by atoms with Crippen molar-refractivity contribution in [3.05, 3.63) is 172 Å².